The van der Waals surface area contributed by atoms with Crippen LogP contribution in [0.4, 0.5) is 0 Å². The van der Waals surface area contributed by atoms with E-state index in [2.05, 4.69) is 135 Å². The van der Waals surface area contributed by atoms with E-state index in [1.54, 1.807) is 0 Å². The molecule has 2 heterocycles. The second-order valence-corrected chi connectivity index (χ2v) is 12.1. The number of nitrogens with zero attached hydrogens (tertiary/aromatic N) is 2. The van der Waals surface area contributed by atoms with E-state index < -0.39 is 0 Å². The fraction of sp³-hybridized carbons (Fsp3) is 0.300. The molecule has 0 spiro atoms. The van der Waals surface area contributed by atoms with E-state index in [0.717, 1.165) is 25.7 Å². The highest BCUT2D eigenvalue weighted by Crippen LogP contribution is 2.41. The lowest BCUT2D eigenvalue weighted by Crippen LogP contribution is -2.25. The Hall–Kier alpha value is -4.04. The summed E-state index contributed by atoms with van der Waals surface area (Å²) in [7, 11) is 4.15. The van der Waals surface area contributed by atoms with Gasteiger partial charge in [-0.25, -0.2) is 9.13 Å². The highest BCUT2D eigenvalue weighted by Gasteiger charge is 2.18. The second-order valence-electron chi connectivity index (χ2n) is 12.1. The maximum absolute atomic E-state index is 2.54. The molecule has 2 nitrogen and oxygen atoms in total. The molecule has 6 rings (SSSR count). The fourth-order valence-electron chi connectivity index (χ4n) is 6.53. The van der Waals surface area contributed by atoms with Crippen molar-refractivity contribution in [3.05, 3.63) is 119 Å². The van der Waals surface area contributed by atoms with Crippen LogP contribution in [0.15, 0.2) is 85.5 Å². The van der Waals surface area contributed by atoms with Crippen LogP contribution in [0.2, 0.25) is 0 Å². The average molecular weight is 553 g/mol. The first-order chi connectivity index (χ1) is 20.6. The number of aromatic nitrogens is 2. The minimum Gasteiger partial charge on any atom is -0.208 e. The van der Waals surface area contributed by atoms with Crippen LogP contribution in [0.5, 0.6) is 0 Å². The summed E-state index contributed by atoms with van der Waals surface area (Å²) in [6.07, 6.45) is 22.4. The number of hydrogen-bond donors (Lipinski definition) is 0. The third-order valence-corrected chi connectivity index (χ3v) is 8.98. The normalized spacial score (nSPS) is 12.0. The predicted octanol–water partition coefficient (Wildman–Crippen LogP) is 8.87. The lowest BCUT2D eigenvalue weighted by molar-refractivity contribution is -0.671. The molecule has 0 aliphatic heterocycles. The number of aryl methyl sites for hydroxylation is 6. The van der Waals surface area contributed by atoms with Gasteiger partial charge in [0, 0.05) is 24.3 Å². The van der Waals surface area contributed by atoms with Gasteiger partial charge in [-0.15, -0.1) is 0 Å². The van der Waals surface area contributed by atoms with Crippen LogP contribution in [0.1, 0.15) is 72.9 Å². The maximum atomic E-state index is 2.54. The molecule has 4 aromatic carbocycles. The lowest BCUT2D eigenvalue weighted by Gasteiger charge is -2.20. The highest BCUT2D eigenvalue weighted by molar-refractivity contribution is 6.26. The standard InChI is InChI=1S/C40H44N2/c1-5-7-9-31-27-33(13-11-29-19-23-41(3)24-20-29)37-18-16-36-32(10-8-6-2)28-34(14-12-30-21-25-42(4)26-22-30)38-17-15-35(31)39(37)40(36)38/h11,13,15-28H,5-10,12,14H2,1-4H3/q+2/b13-11+. The van der Waals surface area contributed by atoms with Crippen molar-refractivity contribution in [2.24, 2.45) is 14.1 Å². The van der Waals surface area contributed by atoms with Crippen molar-refractivity contribution in [3.63, 3.8) is 0 Å². The Balaban J connectivity index is 1.55. The van der Waals surface area contributed by atoms with Gasteiger partial charge in [-0.3, -0.25) is 0 Å². The van der Waals surface area contributed by atoms with Gasteiger partial charge < -0.3 is 0 Å². The highest BCUT2D eigenvalue weighted by atomic mass is 14.9. The van der Waals surface area contributed by atoms with Crippen molar-refractivity contribution in [2.75, 3.05) is 0 Å². The molecule has 2 heteroatoms. The zero-order chi connectivity index (χ0) is 29.1. The van der Waals surface area contributed by atoms with E-state index in [9.17, 15) is 0 Å². The van der Waals surface area contributed by atoms with Crippen molar-refractivity contribution in [3.8, 4) is 0 Å². The fourth-order valence-corrected chi connectivity index (χ4v) is 6.53. The molecular weight excluding hydrogens is 508 g/mol. The zero-order valence-corrected chi connectivity index (χ0v) is 25.8. The molecule has 0 bridgehead atoms. The summed E-state index contributed by atoms with van der Waals surface area (Å²) in [6.45, 7) is 4.60. The van der Waals surface area contributed by atoms with Crippen molar-refractivity contribution >= 4 is 44.5 Å². The van der Waals surface area contributed by atoms with Gasteiger partial charge >= 0.3 is 0 Å². The van der Waals surface area contributed by atoms with Gasteiger partial charge in [0.1, 0.15) is 14.1 Å². The van der Waals surface area contributed by atoms with Crippen molar-refractivity contribution < 1.29 is 9.13 Å². The minimum atomic E-state index is 1.06. The number of pyridine rings is 2. The topological polar surface area (TPSA) is 7.76 Å². The summed E-state index contributed by atoms with van der Waals surface area (Å²) in [5.41, 5.74) is 8.44. The monoisotopic (exact) mass is 552 g/mol. The molecule has 0 unspecified atom stereocenters. The van der Waals surface area contributed by atoms with Crippen LogP contribution >= 0.6 is 0 Å². The van der Waals surface area contributed by atoms with Crippen LogP contribution in [-0.2, 0) is 39.8 Å². The number of unbranched alkanes of at least 4 members (excludes halogenated alkanes) is 2. The lowest BCUT2D eigenvalue weighted by atomic mass is 9.83. The first kappa shape index (κ1) is 28.1. The van der Waals surface area contributed by atoms with E-state index in [4.69, 9.17) is 0 Å². The molecule has 0 fully saturated rings. The van der Waals surface area contributed by atoms with Crippen molar-refractivity contribution in [1.82, 2.24) is 0 Å². The van der Waals surface area contributed by atoms with E-state index in [1.165, 1.54) is 91.4 Å². The SMILES string of the molecule is CCCCc1cc(/C=C/c2cc[n+](C)cc2)c2ccc3c(CCCC)cc(CCc4cc[n+](C)cc4)c4ccc1c2c34. The summed E-state index contributed by atoms with van der Waals surface area (Å²) in [5.74, 6) is 0. The maximum Gasteiger partial charge on any atom is 0.169 e. The van der Waals surface area contributed by atoms with Crippen LogP contribution in [0.25, 0.3) is 44.5 Å². The average Bonchev–Trinajstić information content (AvgIpc) is 3.02. The number of benzene rings is 4. The van der Waals surface area contributed by atoms with E-state index >= 15 is 0 Å². The predicted molar refractivity (Wildman–Crippen MR) is 179 cm³/mol. The Kier molecular flexibility index (Phi) is 8.33. The molecular formula is C40H44N2+2. The van der Waals surface area contributed by atoms with Gasteiger partial charge in [-0.05, 0) is 104 Å². The van der Waals surface area contributed by atoms with E-state index in [0.29, 0.717) is 0 Å². The quantitative estimate of drug-likeness (QED) is 0.112. The molecule has 42 heavy (non-hydrogen) atoms. The smallest absolute Gasteiger partial charge is 0.169 e. The molecule has 0 saturated carbocycles. The number of hydrogen-bond acceptors (Lipinski definition) is 0. The molecule has 2 aromatic heterocycles. The molecule has 0 amide bonds. The van der Waals surface area contributed by atoms with Crippen molar-refractivity contribution in [1.29, 1.82) is 0 Å². The molecule has 0 atom stereocenters. The first-order valence-electron chi connectivity index (χ1n) is 15.9. The summed E-state index contributed by atoms with van der Waals surface area (Å²) in [5, 5.41) is 8.63. The Labute approximate surface area is 251 Å². The largest absolute Gasteiger partial charge is 0.208 e. The van der Waals surface area contributed by atoms with Crippen LogP contribution in [0.3, 0.4) is 0 Å². The van der Waals surface area contributed by atoms with Gasteiger partial charge in [0.05, 0.1) is 0 Å². The number of rotatable bonds is 11. The molecule has 212 valence electrons. The third-order valence-electron chi connectivity index (χ3n) is 8.98. The summed E-state index contributed by atoms with van der Waals surface area (Å²) < 4.78 is 4.20. The Bertz CT molecular complexity index is 1840. The van der Waals surface area contributed by atoms with Crippen LogP contribution < -0.4 is 9.13 Å². The van der Waals surface area contributed by atoms with Crippen LogP contribution in [0, 0.1) is 0 Å². The second kappa shape index (κ2) is 12.4. The molecule has 0 N–H and O–H groups in total. The molecule has 0 radical (unpaired) electrons. The molecule has 6 aromatic rings. The van der Waals surface area contributed by atoms with Gasteiger partial charge in [0.15, 0.2) is 24.8 Å². The summed E-state index contributed by atoms with van der Waals surface area (Å²) in [6, 6.07) is 23.6. The zero-order valence-electron chi connectivity index (χ0n) is 25.8. The Morgan fingerprint density at radius 1 is 0.524 bits per heavy atom. The summed E-state index contributed by atoms with van der Waals surface area (Å²) in [4.78, 5) is 0. The minimum absolute atomic E-state index is 1.06. The third kappa shape index (κ3) is 5.68. The van der Waals surface area contributed by atoms with Gasteiger partial charge in [0.25, 0.3) is 0 Å². The van der Waals surface area contributed by atoms with Gasteiger partial charge in [-0.1, -0.05) is 75.2 Å². The van der Waals surface area contributed by atoms with Gasteiger partial charge in [-0.2, -0.15) is 0 Å². The Morgan fingerprint density at radius 2 is 1.02 bits per heavy atom. The molecule has 0 aliphatic carbocycles. The van der Waals surface area contributed by atoms with Gasteiger partial charge in [0.2, 0.25) is 0 Å². The Morgan fingerprint density at radius 3 is 1.62 bits per heavy atom. The first-order valence-corrected chi connectivity index (χ1v) is 15.9. The molecule has 0 aliphatic rings. The molecule has 0 saturated heterocycles. The van der Waals surface area contributed by atoms with Crippen molar-refractivity contribution in [2.45, 2.75) is 65.2 Å². The van der Waals surface area contributed by atoms with E-state index in [1.807, 2.05) is 0 Å². The van der Waals surface area contributed by atoms with Crippen LogP contribution in [-0.4, -0.2) is 0 Å². The summed E-state index contributed by atoms with van der Waals surface area (Å²) >= 11 is 0. The van der Waals surface area contributed by atoms with E-state index in [-0.39, 0.29) is 0 Å².